The molecule has 2 aliphatic rings. The zero-order valence-corrected chi connectivity index (χ0v) is 18.5. The lowest BCUT2D eigenvalue weighted by Gasteiger charge is -2.30. The normalized spacial score (nSPS) is 18.1. The summed E-state index contributed by atoms with van der Waals surface area (Å²) < 4.78 is 1.05. The minimum atomic E-state index is 0.512. The van der Waals surface area contributed by atoms with Crippen LogP contribution in [0.15, 0.2) is 33.8 Å². The van der Waals surface area contributed by atoms with E-state index in [1.165, 1.54) is 38.5 Å². The summed E-state index contributed by atoms with van der Waals surface area (Å²) in [5.41, 5.74) is 5.02. The molecule has 29 heavy (non-hydrogen) atoms. The zero-order valence-electron chi connectivity index (χ0n) is 16.9. The molecule has 154 valence electrons. The summed E-state index contributed by atoms with van der Waals surface area (Å²) in [7, 11) is 0. The van der Waals surface area contributed by atoms with Gasteiger partial charge in [0.25, 0.3) is 0 Å². The van der Waals surface area contributed by atoms with Gasteiger partial charge in [0, 0.05) is 30.7 Å². The number of aromatic nitrogens is 3. The molecule has 3 heterocycles. The highest BCUT2D eigenvalue weighted by atomic mass is 79.9. The van der Waals surface area contributed by atoms with Crippen molar-refractivity contribution in [3.63, 3.8) is 0 Å². The van der Waals surface area contributed by atoms with Crippen LogP contribution in [0.4, 0.5) is 17.8 Å². The second-order valence-corrected chi connectivity index (χ2v) is 8.59. The SMILES string of the molecule is C/C(=N/Nc1nc(N2CCCCC2)nc(N2CCCCC2)n1)c1ccc(Br)cc1. The van der Waals surface area contributed by atoms with Crippen molar-refractivity contribution in [2.24, 2.45) is 5.10 Å². The van der Waals surface area contributed by atoms with E-state index in [0.717, 1.165) is 53.8 Å². The Bertz CT molecular complexity index is 804. The molecule has 1 aromatic heterocycles. The molecule has 8 heteroatoms. The van der Waals surface area contributed by atoms with E-state index in [-0.39, 0.29) is 0 Å². The number of nitrogens with one attached hydrogen (secondary N) is 1. The van der Waals surface area contributed by atoms with Crippen LogP contribution in [0.3, 0.4) is 0 Å². The van der Waals surface area contributed by atoms with Crippen molar-refractivity contribution in [3.8, 4) is 0 Å². The molecular formula is C21H28BrN7. The van der Waals surface area contributed by atoms with Gasteiger partial charge in [-0.05, 0) is 63.1 Å². The predicted octanol–water partition coefficient (Wildman–Crippen LogP) is 4.45. The van der Waals surface area contributed by atoms with Gasteiger partial charge in [-0.25, -0.2) is 5.43 Å². The number of anilines is 3. The predicted molar refractivity (Wildman–Crippen MR) is 122 cm³/mol. The van der Waals surface area contributed by atoms with E-state index < -0.39 is 0 Å². The van der Waals surface area contributed by atoms with Gasteiger partial charge < -0.3 is 9.80 Å². The number of benzene rings is 1. The van der Waals surface area contributed by atoms with Crippen LogP contribution in [0, 0.1) is 0 Å². The molecule has 7 nitrogen and oxygen atoms in total. The van der Waals surface area contributed by atoms with E-state index in [9.17, 15) is 0 Å². The van der Waals surface area contributed by atoms with Crippen LogP contribution in [-0.4, -0.2) is 46.8 Å². The Labute approximate surface area is 180 Å². The molecule has 2 aromatic rings. The molecule has 0 spiro atoms. The zero-order chi connectivity index (χ0) is 20.1. The first-order chi connectivity index (χ1) is 14.2. The fourth-order valence-corrected chi connectivity index (χ4v) is 4.03. The van der Waals surface area contributed by atoms with Gasteiger partial charge in [-0.1, -0.05) is 28.1 Å². The maximum Gasteiger partial charge on any atom is 0.250 e. The Kier molecular flexibility index (Phi) is 6.59. The van der Waals surface area contributed by atoms with E-state index in [0.29, 0.717) is 5.95 Å². The number of nitrogens with zero attached hydrogens (tertiary/aromatic N) is 6. The second kappa shape index (κ2) is 9.52. The van der Waals surface area contributed by atoms with Gasteiger partial charge in [-0.2, -0.15) is 20.1 Å². The maximum absolute atomic E-state index is 4.81. The number of hydrogen-bond acceptors (Lipinski definition) is 7. The van der Waals surface area contributed by atoms with Gasteiger partial charge in [-0.3, -0.25) is 0 Å². The molecule has 0 saturated carbocycles. The Morgan fingerprint density at radius 1 is 0.828 bits per heavy atom. The topological polar surface area (TPSA) is 69.5 Å². The molecule has 0 amide bonds. The first kappa shape index (κ1) is 20.1. The highest BCUT2D eigenvalue weighted by Gasteiger charge is 2.20. The standard InChI is InChI=1S/C21H28BrN7/c1-16(17-8-10-18(22)11-9-17)26-27-19-23-20(28-12-4-2-5-13-28)25-21(24-19)29-14-6-3-7-15-29/h8-11H,2-7,12-15H2,1H3,(H,23,24,25,27)/b26-16-. The quantitative estimate of drug-likeness (QED) is 0.528. The van der Waals surface area contributed by atoms with Crippen LogP contribution in [0.2, 0.25) is 0 Å². The number of rotatable bonds is 5. The Balaban J connectivity index is 1.58. The van der Waals surface area contributed by atoms with Crippen LogP contribution in [0.1, 0.15) is 51.0 Å². The lowest BCUT2D eigenvalue weighted by molar-refractivity contribution is 0.556. The van der Waals surface area contributed by atoms with E-state index >= 15 is 0 Å². The molecule has 2 aliphatic heterocycles. The highest BCUT2D eigenvalue weighted by molar-refractivity contribution is 9.10. The molecule has 2 saturated heterocycles. The summed E-state index contributed by atoms with van der Waals surface area (Å²) in [5.74, 6) is 2.04. The summed E-state index contributed by atoms with van der Waals surface area (Å²) in [6.45, 7) is 6.00. The molecule has 1 aromatic carbocycles. The lowest BCUT2D eigenvalue weighted by atomic mass is 10.1. The van der Waals surface area contributed by atoms with Crippen molar-refractivity contribution in [1.82, 2.24) is 15.0 Å². The van der Waals surface area contributed by atoms with E-state index in [4.69, 9.17) is 4.98 Å². The van der Waals surface area contributed by atoms with Crippen LogP contribution in [-0.2, 0) is 0 Å². The van der Waals surface area contributed by atoms with Gasteiger partial charge in [0.1, 0.15) is 0 Å². The molecule has 4 rings (SSSR count). The van der Waals surface area contributed by atoms with Crippen LogP contribution < -0.4 is 15.2 Å². The first-order valence-corrected chi connectivity index (χ1v) is 11.3. The molecular weight excluding hydrogens is 430 g/mol. The molecule has 0 aliphatic carbocycles. The third-order valence-corrected chi connectivity index (χ3v) is 6.00. The molecule has 2 fully saturated rings. The summed E-state index contributed by atoms with van der Waals surface area (Å²) >= 11 is 3.47. The summed E-state index contributed by atoms with van der Waals surface area (Å²) in [4.78, 5) is 18.7. The average molecular weight is 458 g/mol. The van der Waals surface area contributed by atoms with Crippen LogP contribution in [0.5, 0.6) is 0 Å². The first-order valence-electron chi connectivity index (χ1n) is 10.5. The second-order valence-electron chi connectivity index (χ2n) is 7.67. The largest absolute Gasteiger partial charge is 0.341 e. The van der Waals surface area contributed by atoms with Gasteiger partial charge in [0.15, 0.2) is 0 Å². The van der Waals surface area contributed by atoms with Gasteiger partial charge in [-0.15, -0.1) is 0 Å². The number of hydrogen-bond donors (Lipinski definition) is 1. The highest BCUT2D eigenvalue weighted by Crippen LogP contribution is 2.22. The monoisotopic (exact) mass is 457 g/mol. The third kappa shape index (κ3) is 5.23. The maximum atomic E-state index is 4.81. The number of halogens is 1. The third-order valence-electron chi connectivity index (χ3n) is 5.48. The summed E-state index contributed by atoms with van der Waals surface area (Å²) in [6.07, 6.45) is 7.32. The van der Waals surface area contributed by atoms with Crippen molar-refractivity contribution < 1.29 is 0 Å². The fourth-order valence-electron chi connectivity index (χ4n) is 3.76. The van der Waals surface area contributed by atoms with Crippen molar-refractivity contribution in [2.45, 2.75) is 45.4 Å². The number of hydrazone groups is 1. The van der Waals surface area contributed by atoms with E-state index in [1.807, 2.05) is 31.2 Å². The molecule has 0 unspecified atom stereocenters. The molecule has 1 N–H and O–H groups in total. The number of piperidine rings is 2. The fraction of sp³-hybridized carbons (Fsp3) is 0.524. The van der Waals surface area contributed by atoms with E-state index in [2.05, 4.69) is 46.2 Å². The Morgan fingerprint density at radius 2 is 1.34 bits per heavy atom. The van der Waals surface area contributed by atoms with E-state index in [1.54, 1.807) is 0 Å². The van der Waals surface area contributed by atoms with Gasteiger partial charge >= 0.3 is 0 Å². The van der Waals surface area contributed by atoms with Crippen molar-refractivity contribution >= 4 is 39.5 Å². The van der Waals surface area contributed by atoms with Crippen molar-refractivity contribution in [2.75, 3.05) is 41.4 Å². The smallest absolute Gasteiger partial charge is 0.250 e. The van der Waals surface area contributed by atoms with Crippen LogP contribution >= 0.6 is 15.9 Å². The summed E-state index contributed by atoms with van der Waals surface area (Å²) in [6, 6.07) is 8.10. The molecule has 0 radical (unpaired) electrons. The van der Waals surface area contributed by atoms with Crippen molar-refractivity contribution in [3.05, 3.63) is 34.3 Å². The van der Waals surface area contributed by atoms with Crippen molar-refractivity contribution in [1.29, 1.82) is 0 Å². The summed E-state index contributed by atoms with van der Waals surface area (Å²) in [5, 5.41) is 4.53. The Morgan fingerprint density at radius 3 is 1.86 bits per heavy atom. The average Bonchev–Trinajstić information content (AvgIpc) is 2.79. The minimum Gasteiger partial charge on any atom is -0.341 e. The van der Waals surface area contributed by atoms with Gasteiger partial charge in [0.2, 0.25) is 17.8 Å². The Hall–Kier alpha value is -2.22. The molecule has 0 bridgehead atoms. The lowest BCUT2D eigenvalue weighted by Crippen LogP contribution is -2.34. The minimum absolute atomic E-state index is 0.512. The van der Waals surface area contributed by atoms with Gasteiger partial charge in [0.05, 0.1) is 5.71 Å². The molecule has 0 atom stereocenters. The van der Waals surface area contributed by atoms with Crippen LogP contribution in [0.25, 0.3) is 0 Å².